The summed E-state index contributed by atoms with van der Waals surface area (Å²) >= 11 is 0. The molecule has 0 bridgehead atoms. The summed E-state index contributed by atoms with van der Waals surface area (Å²) in [7, 11) is 0. The van der Waals surface area contributed by atoms with Crippen molar-refractivity contribution in [3.63, 3.8) is 0 Å². The number of aromatic nitrogens is 2. The van der Waals surface area contributed by atoms with E-state index in [0.717, 1.165) is 0 Å². The second-order valence-electron chi connectivity index (χ2n) is 5.26. The first-order valence-electron chi connectivity index (χ1n) is 6.23. The van der Waals surface area contributed by atoms with Gasteiger partial charge in [0, 0.05) is 11.8 Å². The van der Waals surface area contributed by atoms with E-state index < -0.39 is 11.4 Å². The number of hydrogen-bond donors (Lipinski definition) is 1. The van der Waals surface area contributed by atoms with Crippen molar-refractivity contribution in [2.45, 2.75) is 39.3 Å². The van der Waals surface area contributed by atoms with Gasteiger partial charge in [0.2, 0.25) is 0 Å². The van der Waals surface area contributed by atoms with E-state index in [2.05, 4.69) is 5.10 Å². The van der Waals surface area contributed by atoms with Crippen LogP contribution in [-0.4, -0.2) is 26.3 Å². The zero-order valence-corrected chi connectivity index (χ0v) is 11.3. The van der Waals surface area contributed by atoms with Crippen LogP contribution in [-0.2, 0) is 6.54 Å². The van der Waals surface area contributed by atoms with E-state index >= 15 is 0 Å². The molecule has 1 N–H and O–H groups in total. The molecule has 0 saturated heterocycles. The highest BCUT2D eigenvalue weighted by atomic mass is 19.1. The summed E-state index contributed by atoms with van der Waals surface area (Å²) in [6.07, 6.45) is 0.311. The van der Waals surface area contributed by atoms with Crippen molar-refractivity contribution in [3.8, 4) is 0 Å². The number of carbonyl (C=O) groups excluding carboxylic acids is 1. The summed E-state index contributed by atoms with van der Waals surface area (Å²) in [6.45, 7) is 5.30. The number of carbonyl (C=O) groups is 1. The Morgan fingerprint density at radius 2 is 2.16 bits per heavy atom. The average molecular weight is 264 g/mol. The number of fused-ring (bicyclic) bond motifs is 1. The number of halogens is 1. The smallest absolute Gasteiger partial charge is 0.183 e. The summed E-state index contributed by atoms with van der Waals surface area (Å²) in [5.41, 5.74) is -0.0403. The molecular weight excluding hydrogens is 247 g/mol. The lowest BCUT2D eigenvalue weighted by molar-refractivity contribution is 0.0588. The lowest BCUT2D eigenvalue weighted by atomic mass is 10.1. The Kier molecular flexibility index (Phi) is 3.41. The maximum atomic E-state index is 13.3. The van der Waals surface area contributed by atoms with Gasteiger partial charge in [0.25, 0.3) is 0 Å². The molecule has 0 saturated carbocycles. The van der Waals surface area contributed by atoms with E-state index in [4.69, 9.17) is 0 Å². The Bertz CT molecular complexity index is 626. The van der Waals surface area contributed by atoms with Gasteiger partial charge in [-0.25, -0.2) is 4.39 Å². The first kappa shape index (κ1) is 13.7. The Morgan fingerprint density at radius 1 is 1.47 bits per heavy atom. The van der Waals surface area contributed by atoms with Crippen molar-refractivity contribution >= 4 is 16.7 Å². The SMILES string of the molecule is CCC(=O)c1nn(CC(C)(C)O)c2ccc(F)cc12. The summed E-state index contributed by atoms with van der Waals surface area (Å²) in [4.78, 5) is 11.9. The molecule has 0 amide bonds. The lowest BCUT2D eigenvalue weighted by Gasteiger charge is -2.17. The number of ketones is 1. The molecular formula is C14H17FN2O2. The van der Waals surface area contributed by atoms with Gasteiger partial charge in [-0.15, -0.1) is 0 Å². The van der Waals surface area contributed by atoms with Crippen LogP contribution >= 0.6 is 0 Å². The molecule has 4 nitrogen and oxygen atoms in total. The van der Waals surface area contributed by atoms with Gasteiger partial charge < -0.3 is 5.11 Å². The molecule has 0 unspecified atom stereocenters. The van der Waals surface area contributed by atoms with E-state index in [1.807, 2.05) is 0 Å². The lowest BCUT2D eigenvalue weighted by Crippen LogP contribution is -2.26. The standard InChI is InChI=1S/C14H17FN2O2/c1-4-12(18)13-10-7-9(15)5-6-11(10)17(16-13)8-14(2,3)19/h5-7,19H,4,8H2,1-3H3. The van der Waals surface area contributed by atoms with Crippen LogP contribution in [0.1, 0.15) is 37.7 Å². The molecule has 102 valence electrons. The minimum atomic E-state index is -0.958. The molecule has 0 aliphatic heterocycles. The number of hydrogen-bond acceptors (Lipinski definition) is 3. The van der Waals surface area contributed by atoms with Crippen LogP contribution in [0.25, 0.3) is 10.9 Å². The molecule has 1 aromatic carbocycles. The van der Waals surface area contributed by atoms with Crippen molar-refractivity contribution in [3.05, 3.63) is 29.7 Å². The van der Waals surface area contributed by atoms with E-state index in [1.165, 1.54) is 12.1 Å². The van der Waals surface area contributed by atoms with E-state index in [9.17, 15) is 14.3 Å². The summed E-state index contributed by atoms with van der Waals surface area (Å²) < 4.78 is 14.9. The van der Waals surface area contributed by atoms with Crippen LogP contribution in [0.15, 0.2) is 18.2 Å². The summed E-state index contributed by atoms with van der Waals surface area (Å²) in [5, 5.41) is 14.6. The van der Waals surface area contributed by atoms with Crippen molar-refractivity contribution in [1.82, 2.24) is 9.78 Å². The van der Waals surface area contributed by atoms with Gasteiger partial charge in [0.15, 0.2) is 5.78 Å². The number of rotatable bonds is 4. The Hall–Kier alpha value is -1.75. The molecule has 0 spiro atoms. The van der Waals surface area contributed by atoms with Gasteiger partial charge in [-0.1, -0.05) is 6.92 Å². The van der Waals surface area contributed by atoms with Gasteiger partial charge in [-0.2, -0.15) is 5.10 Å². The highest BCUT2D eigenvalue weighted by Gasteiger charge is 2.20. The third-order valence-corrected chi connectivity index (χ3v) is 2.83. The molecule has 5 heteroatoms. The fraction of sp³-hybridized carbons (Fsp3) is 0.429. The van der Waals surface area contributed by atoms with Crippen LogP contribution in [0, 0.1) is 5.82 Å². The number of benzene rings is 1. The third-order valence-electron chi connectivity index (χ3n) is 2.83. The van der Waals surface area contributed by atoms with E-state index in [-0.39, 0.29) is 18.0 Å². The molecule has 0 radical (unpaired) electrons. The van der Waals surface area contributed by atoms with E-state index in [0.29, 0.717) is 17.3 Å². The van der Waals surface area contributed by atoms with Gasteiger partial charge in [0.05, 0.1) is 17.7 Å². The number of aliphatic hydroxyl groups is 1. The number of Topliss-reactive ketones (excluding diaryl/α,β-unsaturated/α-hetero) is 1. The molecule has 19 heavy (non-hydrogen) atoms. The van der Waals surface area contributed by atoms with Crippen molar-refractivity contribution in [2.75, 3.05) is 0 Å². The first-order valence-corrected chi connectivity index (χ1v) is 6.23. The quantitative estimate of drug-likeness (QED) is 0.863. The molecule has 2 aromatic rings. The van der Waals surface area contributed by atoms with Crippen molar-refractivity contribution in [2.24, 2.45) is 0 Å². The van der Waals surface area contributed by atoms with Crippen LogP contribution in [0.5, 0.6) is 0 Å². The predicted molar refractivity (Wildman–Crippen MR) is 70.6 cm³/mol. The molecule has 0 aliphatic carbocycles. The van der Waals surface area contributed by atoms with Crippen LogP contribution in [0.2, 0.25) is 0 Å². The van der Waals surface area contributed by atoms with Crippen LogP contribution < -0.4 is 0 Å². The zero-order chi connectivity index (χ0) is 14.2. The Morgan fingerprint density at radius 3 is 2.74 bits per heavy atom. The summed E-state index contributed by atoms with van der Waals surface area (Å²) in [6, 6.07) is 4.22. The molecule has 1 aromatic heterocycles. The highest BCUT2D eigenvalue weighted by molar-refractivity contribution is 6.05. The fourth-order valence-corrected chi connectivity index (χ4v) is 2.01. The minimum Gasteiger partial charge on any atom is -0.389 e. The monoisotopic (exact) mass is 264 g/mol. The zero-order valence-electron chi connectivity index (χ0n) is 11.3. The second-order valence-corrected chi connectivity index (χ2v) is 5.26. The molecule has 0 fully saturated rings. The largest absolute Gasteiger partial charge is 0.389 e. The van der Waals surface area contributed by atoms with Gasteiger partial charge in [-0.3, -0.25) is 9.48 Å². The first-order chi connectivity index (χ1) is 8.81. The molecule has 1 heterocycles. The van der Waals surface area contributed by atoms with Gasteiger partial charge >= 0.3 is 0 Å². The third kappa shape index (κ3) is 2.81. The van der Waals surface area contributed by atoms with Crippen LogP contribution in [0.3, 0.4) is 0 Å². The average Bonchev–Trinajstić information content (AvgIpc) is 2.64. The maximum Gasteiger partial charge on any atom is 0.183 e. The predicted octanol–water partition coefficient (Wildman–Crippen LogP) is 2.54. The Labute approximate surface area is 110 Å². The second kappa shape index (κ2) is 4.74. The normalized spacial score (nSPS) is 12.1. The fourth-order valence-electron chi connectivity index (χ4n) is 2.01. The van der Waals surface area contributed by atoms with E-state index in [1.54, 1.807) is 31.5 Å². The van der Waals surface area contributed by atoms with Crippen LogP contribution in [0.4, 0.5) is 4.39 Å². The van der Waals surface area contributed by atoms with Gasteiger partial charge in [-0.05, 0) is 32.0 Å². The topological polar surface area (TPSA) is 55.1 Å². The number of nitrogens with zero attached hydrogens (tertiary/aromatic N) is 2. The maximum absolute atomic E-state index is 13.3. The van der Waals surface area contributed by atoms with Gasteiger partial charge in [0.1, 0.15) is 11.5 Å². The molecule has 0 aliphatic rings. The minimum absolute atomic E-state index is 0.134. The Balaban J connectivity index is 2.63. The molecule has 2 rings (SSSR count). The highest BCUT2D eigenvalue weighted by Crippen LogP contribution is 2.22. The summed E-state index contributed by atoms with van der Waals surface area (Å²) in [5.74, 6) is -0.537. The molecule has 0 atom stereocenters. The van der Waals surface area contributed by atoms with Crippen molar-refractivity contribution < 1.29 is 14.3 Å². The van der Waals surface area contributed by atoms with Crippen molar-refractivity contribution in [1.29, 1.82) is 0 Å².